The predicted octanol–water partition coefficient (Wildman–Crippen LogP) is 2.78. The molecule has 4 nitrogen and oxygen atoms in total. The first-order chi connectivity index (χ1) is 11.1. The topological polar surface area (TPSA) is 49.4 Å². The van der Waals surface area contributed by atoms with Crippen LogP contribution in [0.1, 0.15) is 49.4 Å². The molecule has 0 radical (unpaired) electrons. The Kier molecular flexibility index (Phi) is 6.71. The standard InChI is InChI=1S/C18H25FN2O2/c1-2-18(23)20-16-9-12-21(13-10-16)11-3-4-17(22)14-5-7-15(19)8-6-14/h5-8,16H,2-4,9-13H2,1H3,(H,20,23). The molecule has 0 spiro atoms. The summed E-state index contributed by atoms with van der Waals surface area (Å²) in [6, 6.07) is 6.02. The number of carbonyl (C=O) groups is 2. The fourth-order valence-electron chi connectivity index (χ4n) is 2.87. The molecule has 1 aromatic rings. The largest absolute Gasteiger partial charge is 0.353 e. The van der Waals surface area contributed by atoms with Crippen molar-refractivity contribution in [2.75, 3.05) is 19.6 Å². The van der Waals surface area contributed by atoms with Crippen LogP contribution in [0.5, 0.6) is 0 Å². The molecule has 1 aromatic carbocycles. The highest BCUT2D eigenvalue weighted by Gasteiger charge is 2.20. The van der Waals surface area contributed by atoms with E-state index in [4.69, 9.17) is 0 Å². The zero-order chi connectivity index (χ0) is 16.7. The molecule has 0 bridgehead atoms. The van der Waals surface area contributed by atoms with Crippen molar-refractivity contribution in [2.45, 2.75) is 45.1 Å². The number of ketones is 1. The Morgan fingerprint density at radius 3 is 2.48 bits per heavy atom. The molecule has 0 saturated carbocycles. The summed E-state index contributed by atoms with van der Waals surface area (Å²) in [5.41, 5.74) is 0.576. The van der Waals surface area contributed by atoms with E-state index >= 15 is 0 Å². The van der Waals surface area contributed by atoms with E-state index in [2.05, 4.69) is 10.2 Å². The van der Waals surface area contributed by atoms with Crippen LogP contribution in [-0.2, 0) is 4.79 Å². The van der Waals surface area contributed by atoms with Crippen molar-refractivity contribution >= 4 is 11.7 Å². The molecule has 1 heterocycles. The smallest absolute Gasteiger partial charge is 0.219 e. The van der Waals surface area contributed by atoms with E-state index in [0.29, 0.717) is 24.4 Å². The zero-order valence-corrected chi connectivity index (χ0v) is 13.7. The Morgan fingerprint density at radius 2 is 1.87 bits per heavy atom. The molecule has 1 N–H and O–H groups in total. The molecule has 1 amide bonds. The molecule has 1 fully saturated rings. The van der Waals surface area contributed by atoms with Gasteiger partial charge in [0.15, 0.2) is 5.78 Å². The normalized spacial score (nSPS) is 16.3. The van der Waals surface area contributed by atoms with E-state index in [-0.39, 0.29) is 17.5 Å². The molecule has 126 valence electrons. The zero-order valence-electron chi connectivity index (χ0n) is 13.7. The molecule has 0 unspecified atom stereocenters. The maximum atomic E-state index is 12.8. The number of carbonyl (C=O) groups excluding carboxylic acids is 2. The number of rotatable bonds is 7. The van der Waals surface area contributed by atoms with Crippen molar-refractivity contribution < 1.29 is 14.0 Å². The van der Waals surface area contributed by atoms with Gasteiger partial charge in [0, 0.05) is 37.5 Å². The number of halogens is 1. The van der Waals surface area contributed by atoms with Crippen LogP contribution in [0.2, 0.25) is 0 Å². The molecule has 1 aliphatic heterocycles. The molecule has 1 aliphatic rings. The van der Waals surface area contributed by atoms with E-state index in [1.165, 1.54) is 12.1 Å². The Balaban J connectivity index is 1.65. The number of nitrogens with zero attached hydrogens (tertiary/aromatic N) is 1. The number of nitrogens with one attached hydrogen (secondary N) is 1. The minimum atomic E-state index is -0.320. The van der Waals surface area contributed by atoms with Crippen LogP contribution in [-0.4, -0.2) is 42.3 Å². The molecule has 0 atom stereocenters. The van der Waals surface area contributed by atoms with Crippen molar-refractivity contribution in [1.82, 2.24) is 10.2 Å². The first-order valence-electron chi connectivity index (χ1n) is 8.39. The predicted molar refractivity (Wildman–Crippen MR) is 87.9 cm³/mol. The lowest BCUT2D eigenvalue weighted by molar-refractivity contribution is -0.121. The van der Waals surface area contributed by atoms with Crippen molar-refractivity contribution in [3.63, 3.8) is 0 Å². The van der Waals surface area contributed by atoms with Gasteiger partial charge in [-0.3, -0.25) is 9.59 Å². The second-order valence-corrected chi connectivity index (χ2v) is 6.07. The van der Waals surface area contributed by atoms with Crippen molar-refractivity contribution in [3.05, 3.63) is 35.6 Å². The van der Waals surface area contributed by atoms with Crippen LogP contribution in [0.25, 0.3) is 0 Å². The first-order valence-corrected chi connectivity index (χ1v) is 8.39. The Hall–Kier alpha value is -1.75. The van der Waals surface area contributed by atoms with Crippen LogP contribution < -0.4 is 5.32 Å². The monoisotopic (exact) mass is 320 g/mol. The van der Waals surface area contributed by atoms with Gasteiger partial charge < -0.3 is 10.2 Å². The molecule has 5 heteroatoms. The molecule has 23 heavy (non-hydrogen) atoms. The SMILES string of the molecule is CCC(=O)NC1CCN(CCCC(=O)c2ccc(F)cc2)CC1. The number of benzene rings is 1. The van der Waals surface area contributed by atoms with Gasteiger partial charge in [-0.1, -0.05) is 6.92 Å². The minimum Gasteiger partial charge on any atom is -0.353 e. The fraction of sp³-hybridized carbons (Fsp3) is 0.556. The summed E-state index contributed by atoms with van der Waals surface area (Å²) in [4.78, 5) is 25.7. The summed E-state index contributed by atoms with van der Waals surface area (Å²) in [6.07, 6.45) is 3.77. The van der Waals surface area contributed by atoms with E-state index in [1.807, 2.05) is 6.92 Å². The lowest BCUT2D eigenvalue weighted by atomic mass is 10.0. The summed E-state index contributed by atoms with van der Waals surface area (Å²) in [7, 11) is 0. The Labute approximate surface area is 137 Å². The van der Waals surface area contributed by atoms with Gasteiger partial charge in [0.25, 0.3) is 0 Å². The van der Waals surface area contributed by atoms with Gasteiger partial charge in [-0.2, -0.15) is 0 Å². The van der Waals surface area contributed by atoms with Gasteiger partial charge >= 0.3 is 0 Å². The van der Waals surface area contributed by atoms with E-state index in [0.717, 1.165) is 38.9 Å². The number of hydrogen-bond acceptors (Lipinski definition) is 3. The highest BCUT2D eigenvalue weighted by Crippen LogP contribution is 2.13. The summed E-state index contributed by atoms with van der Waals surface area (Å²) >= 11 is 0. The third-order valence-electron chi connectivity index (χ3n) is 4.32. The lowest BCUT2D eigenvalue weighted by Gasteiger charge is -2.32. The first kappa shape index (κ1) is 17.6. The van der Waals surface area contributed by atoms with Crippen LogP contribution in [0, 0.1) is 5.82 Å². The number of Topliss-reactive ketones (excluding diaryl/α,β-unsaturated/α-hetero) is 1. The van der Waals surface area contributed by atoms with Crippen molar-refractivity contribution in [1.29, 1.82) is 0 Å². The highest BCUT2D eigenvalue weighted by atomic mass is 19.1. The number of likely N-dealkylation sites (tertiary alicyclic amines) is 1. The fourth-order valence-corrected chi connectivity index (χ4v) is 2.87. The summed E-state index contributed by atoms with van der Waals surface area (Å²) in [6.45, 7) is 4.67. The quantitative estimate of drug-likeness (QED) is 0.786. The molecular formula is C18H25FN2O2. The van der Waals surface area contributed by atoms with Crippen molar-refractivity contribution in [3.8, 4) is 0 Å². The van der Waals surface area contributed by atoms with E-state index in [1.54, 1.807) is 12.1 Å². The van der Waals surface area contributed by atoms with Gasteiger partial charge in [0.2, 0.25) is 5.91 Å². The van der Waals surface area contributed by atoms with Crippen LogP contribution in [0.15, 0.2) is 24.3 Å². The maximum Gasteiger partial charge on any atom is 0.219 e. The van der Waals surface area contributed by atoms with Crippen LogP contribution in [0.3, 0.4) is 0 Å². The maximum absolute atomic E-state index is 12.8. The third kappa shape index (κ3) is 5.75. The van der Waals surface area contributed by atoms with Crippen LogP contribution >= 0.6 is 0 Å². The van der Waals surface area contributed by atoms with Gasteiger partial charge in [-0.15, -0.1) is 0 Å². The summed E-state index contributed by atoms with van der Waals surface area (Å²) in [5, 5.41) is 3.04. The lowest BCUT2D eigenvalue weighted by Crippen LogP contribution is -2.44. The number of amides is 1. The van der Waals surface area contributed by atoms with Gasteiger partial charge in [-0.05, 0) is 50.1 Å². The second kappa shape index (κ2) is 8.77. The molecular weight excluding hydrogens is 295 g/mol. The van der Waals surface area contributed by atoms with E-state index < -0.39 is 0 Å². The third-order valence-corrected chi connectivity index (χ3v) is 4.32. The van der Waals surface area contributed by atoms with Crippen molar-refractivity contribution in [2.24, 2.45) is 0 Å². The average Bonchev–Trinajstić information content (AvgIpc) is 2.57. The Morgan fingerprint density at radius 1 is 1.22 bits per heavy atom. The summed E-state index contributed by atoms with van der Waals surface area (Å²) in [5.74, 6) is -0.136. The molecule has 2 rings (SSSR count). The molecule has 0 aromatic heterocycles. The van der Waals surface area contributed by atoms with Crippen LogP contribution in [0.4, 0.5) is 4.39 Å². The average molecular weight is 320 g/mol. The second-order valence-electron chi connectivity index (χ2n) is 6.07. The van der Waals surface area contributed by atoms with Gasteiger partial charge in [-0.25, -0.2) is 4.39 Å². The highest BCUT2D eigenvalue weighted by molar-refractivity contribution is 5.95. The number of hydrogen-bond donors (Lipinski definition) is 1. The molecule has 0 aliphatic carbocycles. The van der Waals surface area contributed by atoms with E-state index in [9.17, 15) is 14.0 Å². The van der Waals surface area contributed by atoms with Gasteiger partial charge in [0.05, 0.1) is 0 Å². The minimum absolute atomic E-state index is 0.0649. The number of piperidine rings is 1. The molecule has 1 saturated heterocycles. The van der Waals surface area contributed by atoms with Gasteiger partial charge in [0.1, 0.15) is 5.82 Å². The Bertz CT molecular complexity index is 522. The summed E-state index contributed by atoms with van der Waals surface area (Å²) < 4.78 is 12.8.